The molecule has 2 aromatic rings. The molecule has 0 bridgehead atoms. The van der Waals surface area contributed by atoms with Crippen molar-refractivity contribution < 1.29 is 9.53 Å². The smallest absolute Gasteiger partial charge is 0.408 e. The molecule has 1 amide bonds. The molecular formula is C12H9BrN2O2. The molecule has 5 heteroatoms. The highest BCUT2D eigenvalue weighted by atomic mass is 79.9. The van der Waals surface area contributed by atoms with Crippen LogP contribution in [0.5, 0.6) is 5.75 Å². The minimum Gasteiger partial charge on any atom is -0.408 e. The van der Waals surface area contributed by atoms with Gasteiger partial charge < -0.3 is 4.74 Å². The van der Waals surface area contributed by atoms with Gasteiger partial charge in [0.2, 0.25) is 0 Å². The van der Waals surface area contributed by atoms with Crippen molar-refractivity contribution in [1.82, 2.24) is 4.98 Å². The van der Waals surface area contributed by atoms with E-state index in [2.05, 4.69) is 26.2 Å². The second kappa shape index (κ2) is 5.45. The van der Waals surface area contributed by atoms with Crippen molar-refractivity contribution in [3.8, 4) is 5.75 Å². The minimum atomic E-state index is -0.541. The third-order valence-electron chi connectivity index (χ3n) is 1.94. The first kappa shape index (κ1) is 11.6. The Morgan fingerprint density at radius 2 is 2.00 bits per heavy atom. The number of anilines is 1. The molecular weight excluding hydrogens is 284 g/mol. The Hall–Kier alpha value is -1.88. The number of benzene rings is 1. The van der Waals surface area contributed by atoms with Crippen molar-refractivity contribution in [3.05, 3.63) is 53.3 Å². The van der Waals surface area contributed by atoms with E-state index in [9.17, 15) is 4.79 Å². The van der Waals surface area contributed by atoms with Crippen molar-refractivity contribution in [2.75, 3.05) is 5.32 Å². The average Bonchev–Trinajstić information content (AvgIpc) is 2.33. The maximum absolute atomic E-state index is 11.5. The number of nitrogens with zero attached hydrogens (tertiary/aromatic N) is 1. The van der Waals surface area contributed by atoms with Gasteiger partial charge in [0.25, 0.3) is 0 Å². The van der Waals surface area contributed by atoms with Gasteiger partial charge in [-0.25, -0.2) is 4.79 Å². The second-order valence-electron chi connectivity index (χ2n) is 3.21. The van der Waals surface area contributed by atoms with Crippen molar-refractivity contribution in [1.29, 1.82) is 0 Å². The van der Waals surface area contributed by atoms with Gasteiger partial charge in [-0.3, -0.25) is 10.3 Å². The lowest BCUT2D eigenvalue weighted by molar-refractivity contribution is 0.215. The van der Waals surface area contributed by atoms with Crippen molar-refractivity contribution in [2.45, 2.75) is 0 Å². The summed E-state index contributed by atoms with van der Waals surface area (Å²) < 4.78 is 5.97. The van der Waals surface area contributed by atoms with E-state index >= 15 is 0 Å². The highest BCUT2D eigenvalue weighted by molar-refractivity contribution is 9.10. The Morgan fingerprint density at radius 3 is 2.65 bits per heavy atom. The van der Waals surface area contributed by atoms with Crippen LogP contribution in [0.2, 0.25) is 0 Å². The van der Waals surface area contributed by atoms with E-state index in [1.165, 1.54) is 6.20 Å². The maximum Gasteiger partial charge on any atom is 0.417 e. The number of carbonyl (C=O) groups excluding carboxylic acids is 1. The number of carbonyl (C=O) groups is 1. The molecule has 86 valence electrons. The normalized spacial score (nSPS) is 9.71. The first-order valence-corrected chi connectivity index (χ1v) is 5.68. The van der Waals surface area contributed by atoms with Gasteiger partial charge in [-0.05, 0) is 36.4 Å². The number of nitrogens with one attached hydrogen (secondary N) is 1. The van der Waals surface area contributed by atoms with Crippen LogP contribution in [0.25, 0.3) is 0 Å². The number of ether oxygens (including phenoxy) is 1. The predicted molar refractivity (Wildman–Crippen MR) is 68.0 cm³/mol. The summed E-state index contributed by atoms with van der Waals surface area (Å²) in [4.78, 5) is 15.3. The van der Waals surface area contributed by atoms with Gasteiger partial charge in [0.05, 0.1) is 6.20 Å². The van der Waals surface area contributed by atoms with E-state index in [4.69, 9.17) is 4.74 Å². The predicted octanol–water partition coefficient (Wildman–Crippen LogP) is 3.46. The van der Waals surface area contributed by atoms with Gasteiger partial charge in [0.1, 0.15) is 0 Å². The summed E-state index contributed by atoms with van der Waals surface area (Å²) >= 11 is 3.31. The summed E-state index contributed by atoms with van der Waals surface area (Å²) in [5.41, 5.74) is 0.669. The zero-order chi connectivity index (χ0) is 12.1. The Balaban J connectivity index is 1.96. The second-order valence-corrected chi connectivity index (χ2v) is 4.13. The number of hydrogen-bond donors (Lipinski definition) is 1. The SMILES string of the molecule is O=C(Nc1ccc(Br)cc1)Oc1cccnc1. The molecule has 17 heavy (non-hydrogen) atoms. The van der Waals surface area contributed by atoms with Gasteiger partial charge in [0, 0.05) is 16.4 Å². The van der Waals surface area contributed by atoms with Gasteiger partial charge in [-0.1, -0.05) is 15.9 Å². The minimum absolute atomic E-state index is 0.405. The zero-order valence-electron chi connectivity index (χ0n) is 8.76. The fraction of sp³-hybridized carbons (Fsp3) is 0. The number of amides is 1. The molecule has 0 saturated heterocycles. The number of hydrogen-bond acceptors (Lipinski definition) is 3. The molecule has 0 aliphatic carbocycles. The Labute approximate surface area is 107 Å². The van der Waals surface area contributed by atoms with E-state index < -0.39 is 6.09 Å². The van der Waals surface area contributed by atoms with E-state index in [0.29, 0.717) is 11.4 Å². The number of aromatic nitrogens is 1. The lowest BCUT2D eigenvalue weighted by Gasteiger charge is -2.05. The fourth-order valence-electron chi connectivity index (χ4n) is 1.19. The highest BCUT2D eigenvalue weighted by Crippen LogP contribution is 2.15. The first-order valence-electron chi connectivity index (χ1n) is 4.88. The fourth-order valence-corrected chi connectivity index (χ4v) is 1.46. The molecule has 0 atom stereocenters. The molecule has 1 N–H and O–H groups in total. The summed E-state index contributed by atoms with van der Waals surface area (Å²) in [6.07, 6.45) is 2.54. The van der Waals surface area contributed by atoms with Crippen LogP contribution in [-0.4, -0.2) is 11.1 Å². The van der Waals surface area contributed by atoms with Crippen molar-refractivity contribution >= 4 is 27.7 Å². The summed E-state index contributed by atoms with van der Waals surface area (Å²) in [6, 6.07) is 10.6. The lowest BCUT2D eigenvalue weighted by Crippen LogP contribution is -2.16. The van der Waals surface area contributed by atoms with Crippen molar-refractivity contribution in [3.63, 3.8) is 0 Å². The lowest BCUT2D eigenvalue weighted by atomic mass is 10.3. The molecule has 0 fully saturated rings. The molecule has 0 spiro atoms. The van der Waals surface area contributed by atoms with Crippen LogP contribution in [0.1, 0.15) is 0 Å². The van der Waals surface area contributed by atoms with Gasteiger partial charge in [-0.2, -0.15) is 0 Å². The molecule has 0 saturated carbocycles. The Bertz CT molecular complexity index is 500. The van der Waals surface area contributed by atoms with E-state index in [1.54, 1.807) is 30.5 Å². The summed E-state index contributed by atoms with van der Waals surface area (Å²) in [7, 11) is 0. The number of pyridine rings is 1. The van der Waals surface area contributed by atoms with Crippen LogP contribution in [0, 0.1) is 0 Å². The molecule has 1 heterocycles. The number of rotatable bonds is 2. The number of halogens is 1. The van der Waals surface area contributed by atoms with Gasteiger partial charge >= 0.3 is 6.09 Å². The van der Waals surface area contributed by atoms with Crippen LogP contribution in [0.4, 0.5) is 10.5 Å². The zero-order valence-corrected chi connectivity index (χ0v) is 10.3. The van der Waals surface area contributed by atoms with Gasteiger partial charge in [-0.15, -0.1) is 0 Å². The quantitative estimate of drug-likeness (QED) is 0.922. The molecule has 0 aliphatic rings. The summed E-state index contributed by atoms with van der Waals surface area (Å²) in [6.45, 7) is 0. The molecule has 2 rings (SSSR count). The maximum atomic E-state index is 11.5. The van der Waals surface area contributed by atoms with E-state index in [-0.39, 0.29) is 0 Å². The molecule has 0 aliphatic heterocycles. The molecule has 0 unspecified atom stereocenters. The average molecular weight is 293 g/mol. The largest absolute Gasteiger partial charge is 0.417 e. The highest BCUT2D eigenvalue weighted by Gasteiger charge is 2.04. The standard InChI is InChI=1S/C12H9BrN2O2/c13-9-3-5-10(6-4-9)15-12(16)17-11-2-1-7-14-8-11/h1-8H,(H,15,16). The summed E-state index contributed by atoms with van der Waals surface area (Å²) in [5.74, 6) is 0.405. The van der Waals surface area contributed by atoms with Crippen LogP contribution < -0.4 is 10.1 Å². The van der Waals surface area contributed by atoms with E-state index in [1.807, 2.05) is 12.1 Å². The monoisotopic (exact) mass is 292 g/mol. The third-order valence-corrected chi connectivity index (χ3v) is 2.46. The Kier molecular flexibility index (Phi) is 3.72. The van der Waals surface area contributed by atoms with E-state index in [0.717, 1.165) is 4.47 Å². The van der Waals surface area contributed by atoms with Crippen LogP contribution in [0.15, 0.2) is 53.3 Å². The molecule has 0 radical (unpaired) electrons. The van der Waals surface area contributed by atoms with Crippen LogP contribution in [0.3, 0.4) is 0 Å². The van der Waals surface area contributed by atoms with Crippen LogP contribution >= 0.6 is 15.9 Å². The third kappa shape index (κ3) is 3.57. The summed E-state index contributed by atoms with van der Waals surface area (Å²) in [5, 5.41) is 2.61. The Morgan fingerprint density at radius 1 is 1.24 bits per heavy atom. The molecule has 4 nitrogen and oxygen atoms in total. The molecule has 1 aromatic heterocycles. The van der Waals surface area contributed by atoms with Crippen LogP contribution in [-0.2, 0) is 0 Å². The van der Waals surface area contributed by atoms with Crippen molar-refractivity contribution in [2.24, 2.45) is 0 Å². The topological polar surface area (TPSA) is 51.2 Å². The van der Waals surface area contributed by atoms with Gasteiger partial charge in [0.15, 0.2) is 5.75 Å². The molecule has 1 aromatic carbocycles. The first-order chi connectivity index (χ1) is 8.24.